The molecule has 0 saturated carbocycles. The standard InChI is InChI=1S/C27H26N4O3/c1-18-23(26(32)30(28(18)3)20-12-7-5-8-13-20)25(22-16-11-17-34-22)24-19(2)29(4)31(27(24)33)21-14-9-6-10-15-21/h5-17,25H,1-4H3. The molecule has 3 heterocycles. The molecule has 0 unspecified atom stereocenters. The van der Waals surface area contributed by atoms with Crippen LogP contribution in [0, 0.1) is 13.8 Å². The Balaban J connectivity index is 1.82. The molecule has 0 fully saturated rings. The van der Waals surface area contributed by atoms with E-state index in [1.807, 2.05) is 104 Å². The lowest BCUT2D eigenvalue weighted by Crippen LogP contribution is -2.26. The quantitative estimate of drug-likeness (QED) is 0.402. The number of nitrogens with zero attached hydrogens (tertiary/aromatic N) is 4. The van der Waals surface area contributed by atoms with Crippen LogP contribution in [0.25, 0.3) is 11.4 Å². The summed E-state index contributed by atoms with van der Waals surface area (Å²) in [5.41, 5.74) is 3.74. The maximum absolute atomic E-state index is 13.9. The average molecular weight is 455 g/mol. The van der Waals surface area contributed by atoms with Crippen molar-refractivity contribution < 1.29 is 4.42 Å². The molecule has 7 nitrogen and oxygen atoms in total. The predicted octanol–water partition coefficient (Wildman–Crippen LogP) is 4.06. The smallest absolute Gasteiger partial charge is 0.275 e. The first-order valence-electron chi connectivity index (χ1n) is 11.1. The minimum Gasteiger partial charge on any atom is -0.468 e. The normalized spacial score (nSPS) is 11.4. The Morgan fingerprint density at radius 1 is 0.647 bits per heavy atom. The van der Waals surface area contributed by atoms with Gasteiger partial charge in [0.15, 0.2) is 0 Å². The summed E-state index contributed by atoms with van der Waals surface area (Å²) in [5, 5.41) is 0. The number of hydrogen-bond donors (Lipinski definition) is 0. The first-order chi connectivity index (χ1) is 16.4. The number of furan rings is 1. The number of rotatable bonds is 5. The minimum atomic E-state index is -0.651. The van der Waals surface area contributed by atoms with Gasteiger partial charge in [0.1, 0.15) is 5.76 Å². The van der Waals surface area contributed by atoms with Crippen LogP contribution >= 0.6 is 0 Å². The highest BCUT2D eigenvalue weighted by atomic mass is 16.3. The van der Waals surface area contributed by atoms with E-state index >= 15 is 0 Å². The SMILES string of the molecule is Cc1c(C(c2ccco2)c2c(C)n(C)n(-c3ccccc3)c2=O)c(=O)n(-c2ccccc2)n1C. The molecule has 0 N–H and O–H groups in total. The Morgan fingerprint density at radius 3 is 1.47 bits per heavy atom. The van der Waals surface area contributed by atoms with Gasteiger partial charge in [-0.2, -0.15) is 0 Å². The van der Waals surface area contributed by atoms with Crippen LogP contribution in [0.15, 0.2) is 93.1 Å². The minimum absolute atomic E-state index is 0.179. The van der Waals surface area contributed by atoms with Gasteiger partial charge < -0.3 is 4.42 Å². The zero-order valence-electron chi connectivity index (χ0n) is 19.6. The summed E-state index contributed by atoms with van der Waals surface area (Å²) in [6.45, 7) is 3.81. The molecule has 0 atom stereocenters. The number of para-hydroxylation sites is 2. The second-order valence-corrected chi connectivity index (χ2v) is 8.40. The van der Waals surface area contributed by atoms with Crippen molar-refractivity contribution in [3.05, 3.63) is 128 Å². The van der Waals surface area contributed by atoms with Crippen LogP contribution < -0.4 is 11.1 Å². The lowest BCUT2D eigenvalue weighted by Gasteiger charge is -2.13. The van der Waals surface area contributed by atoms with Crippen molar-refractivity contribution >= 4 is 0 Å². The zero-order valence-corrected chi connectivity index (χ0v) is 19.6. The Labute approximate surface area is 196 Å². The molecule has 2 aromatic carbocycles. The molecule has 0 saturated heterocycles. The third kappa shape index (κ3) is 3.20. The Kier molecular flexibility index (Phi) is 5.24. The first-order valence-corrected chi connectivity index (χ1v) is 11.1. The van der Waals surface area contributed by atoms with Crippen molar-refractivity contribution in [3.63, 3.8) is 0 Å². The summed E-state index contributed by atoms with van der Waals surface area (Å²) in [7, 11) is 3.71. The van der Waals surface area contributed by atoms with Gasteiger partial charge in [-0.1, -0.05) is 36.4 Å². The summed E-state index contributed by atoms with van der Waals surface area (Å²) >= 11 is 0. The van der Waals surface area contributed by atoms with E-state index in [2.05, 4.69) is 0 Å². The van der Waals surface area contributed by atoms with Crippen molar-refractivity contribution in [2.24, 2.45) is 14.1 Å². The molecule has 0 aliphatic carbocycles. The summed E-state index contributed by atoms with van der Waals surface area (Å²) < 4.78 is 12.7. The number of benzene rings is 2. The average Bonchev–Trinajstić information content (AvgIpc) is 3.51. The number of hydrogen-bond acceptors (Lipinski definition) is 3. The van der Waals surface area contributed by atoms with E-state index in [9.17, 15) is 9.59 Å². The molecule has 0 amide bonds. The molecule has 0 bridgehead atoms. The van der Waals surface area contributed by atoms with Gasteiger partial charge >= 0.3 is 0 Å². The summed E-state index contributed by atoms with van der Waals surface area (Å²) in [4.78, 5) is 27.8. The highest BCUT2D eigenvalue weighted by Crippen LogP contribution is 2.33. The molecule has 5 aromatic rings. The van der Waals surface area contributed by atoms with E-state index in [-0.39, 0.29) is 11.1 Å². The molecule has 7 heteroatoms. The van der Waals surface area contributed by atoms with E-state index in [1.54, 1.807) is 21.7 Å². The molecule has 0 aliphatic rings. The first kappa shape index (κ1) is 21.6. The Bertz CT molecular complexity index is 1460. The van der Waals surface area contributed by atoms with Crippen LogP contribution in [0.2, 0.25) is 0 Å². The predicted molar refractivity (Wildman–Crippen MR) is 131 cm³/mol. The van der Waals surface area contributed by atoms with Crippen LogP contribution in [0.3, 0.4) is 0 Å². The summed E-state index contributed by atoms with van der Waals surface area (Å²) in [6.07, 6.45) is 1.57. The monoisotopic (exact) mass is 454 g/mol. The van der Waals surface area contributed by atoms with Crippen LogP contribution in [0.4, 0.5) is 0 Å². The van der Waals surface area contributed by atoms with Gasteiger partial charge in [0.2, 0.25) is 0 Å². The highest BCUT2D eigenvalue weighted by Gasteiger charge is 2.34. The van der Waals surface area contributed by atoms with E-state index in [0.717, 1.165) is 22.8 Å². The summed E-state index contributed by atoms with van der Waals surface area (Å²) in [6, 6.07) is 22.6. The van der Waals surface area contributed by atoms with E-state index in [0.29, 0.717) is 16.9 Å². The van der Waals surface area contributed by atoms with Crippen LogP contribution in [0.1, 0.15) is 34.2 Å². The largest absolute Gasteiger partial charge is 0.468 e. The molecular weight excluding hydrogens is 428 g/mol. The fourth-order valence-corrected chi connectivity index (χ4v) is 4.73. The van der Waals surface area contributed by atoms with Crippen molar-refractivity contribution in [2.75, 3.05) is 0 Å². The molecule has 0 aliphatic heterocycles. The van der Waals surface area contributed by atoms with E-state index < -0.39 is 5.92 Å². The van der Waals surface area contributed by atoms with Crippen molar-refractivity contribution in [1.82, 2.24) is 18.7 Å². The van der Waals surface area contributed by atoms with Crippen LogP contribution in [-0.2, 0) is 14.1 Å². The molecule has 3 aromatic heterocycles. The van der Waals surface area contributed by atoms with E-state index in [4.69, 9.17) is 4.42 Å². The van der Waals surface area contributed by atoms with Gasteiger partial charge in [-0.25, -0.2) is 9.36 Å². The zero-order chi connectivity index (χ0) is 24.0. The Morgan fingerprint density at radius 2 is 1.09 bits per heavy atom. The molecule has 172 valence electrons. The van der Waals surface area contributed by atoms with Crippen molar-refractivity contribution in [2.45, 2.75) is 19.8 Å². The van der Waals surface area contributed by atoms with Gasteiger partial charge in [0.25, 0.3) is 11.1 Å². The third-order valence-corrected chi connectivity index (χ3v) is 6.60. The molecular formula is C27H26N4O3. The maximum Gasteiger partial charge on any atom is 0.275 e. The van der Waals surface area contributed by atoms with Gasteiger partial charge in [-0.05, 0) is 50.2 Å². The van der Waals surface area contributed by atoms with E-state index in [1.165, 1.54) is 0 Å². The number of aromatic nitrogens is 4. The Hall–Kier alpha value is -4.26. The second kappa shape index (κ2) is 8.26. The fraction of sp³-hybridized carbons (Fsp3) is 0.185. The molecule has 5 rings (SSSR count). The lowest BCUT2D eigenvalue weighted by molar-refractivity contribution is 0.501. The van der Waals surface area contributed by atoms with Gasteiger partial charge in [0.05, 0.1) is 34.7 Å². The summed E-state index contributed by atoms with van der Waals surface area (Å²) in [5.74, 6) is -0.0978. The molecule has 0 spiro atoms. The van der Waals surface area contributed by atoms with Crippen molar-refractivity contribution in [3.8, 4) is 11.4 Å². The van der Waals surface area contributed by atoms with Crippen LogP contribution in [0.5, 0.6) is 0 Å². The fourth-order valence-electron chi connectivity index (χ4n) is 4.73. The van der Waals surface area contributed by atoms with Gasteiger partial charge in [-0.15, -0.1) is 0 Å². The van der Waals surface area contributed by atoms with Crippen LogP contribution in [-0.4, -0.2) is 18.7 Å². The topological polar surface area (TPSA) is 67.0 Å². The van der Waals surface area contributed by atoms with Crippen molar-refractivity contribution in [1.29, 1.82) is 0 Å². The third-order valence-electron chi connectivity index (χ3n) is 6.60. The van der Waals surface area contributed by atoms with Gasteiger partial charge in [0, 0.05) is 25.5 Å². The maximum atomic E-state index is 13.9. The van der Waals surface area contributed by atoms with Gasteiger partial charge in [-0.3, -0.25) is 19.0 Å². The highest BCUT2D eigenvalue weighted by molar-refractivity contribution is 5.46. The lowest BCUT2D eigenvalue weighted by atomic mass is 9.89. The second-order valence-electron chi connectivity index (χ2n) is 8.40. The molecule has 0 radical (unpaired) electrons. The molecule has 34 heavy (non-hydrogen) atoms.